The van der Waals surface area contributed by atoms with Crippen molar-refractivity contribution in [2.75, 3.05) is 74.8 Å². The Balaban J connectivity index is 0.000000204. The van der Waals surface area contributed by atoms with Crippen molar-refractivity contribution in [3.63, 3.8) is 0 Å². The second-order valence-corrected chi connectivity index (χ2v) is 47.3. The summed E-state index contributed by atoms with van der Waals surface area (Å²) < 4.78 is 36.4. The van der Waals surface area contributed by atoms with Crippen molar-refractivity contribution in [2.24, 2.45) is 0 Å². The maximum Gasteiger partial charge on any atom is 0.325 e. The van der Waals surface area contributed by atoms with Crippen LogP contribution in [0.25, 0.3) is 33.8 Å². The summed E-state index contributed by atoms with van der Waals surface area (Å²) in [6.07, 6.45) is 5.50. The molecular formula is C95H126Cl3I3N12O13S3. The topological polar surface area (TPSA) is 300 Å². The van der Waals surface area contributed by atoms with Crippen molar-refractivity contribution in [2.45, 2.75) is 273 Å². The molecule has 0 radical (unpaired) electrons. The molecule has 0 aliphatic carbocycles. The monoisotopic (exact) mass is 2220 g/mol. The first-order valence-electron chi connectivity index (χ1n) is 43.2. The summed E-state index contributed by atoms with van der Waals surface area (Å²) in [5.74, 6) is 1.16. The first kappa shape index (κ1) is 106. The molecule has 9 aromatic rings. The fraction of sp³-hybridized carbons (Fsp3) is 0.558. The average molecular weight is 2230 g/mol. The van der Waals surface area contributed by atoms with Crippen molar-refractivity contribution < 1.29 is 62.7 Å². The zero-order valence-electron chi connectivity index (χ0n) is 79.2. The molecule has 12 rings (SSSR count). The molecule has 3 aliphatic heterocycles. The molecule has 0 spiro atoms. The van der Waals surface area contributed by atoms with E-state index in [4.69, 9.17) is 78.9 Å². The number of benzene rings is 3. The number of aliphatic carboxylic acids is 2. The molecule has 0 bridgehead atoms. The number of carbonyl (C=O) groups is 6. The molecule has 2 amide bonds. The number of methoxy groups -OCH3 is 5. The molecule has 3 N–H and O–H groups in total. The van der Waals surface area contributed by atoms with Crippen LogP contribution in [0.15, 0.2) is 36.4 Å². The van der Waals surface area contributed by atoms with Gasteiger partial charge in [-0.2, -0.15) is 15.3 Å². The number of nitrogens with one attached hydrogen (secondary N) is 1. The molecule has 704 valence electrons. The van der Waals surface area contributed by atoms with Crippen LogP contribution in [0.4, 0.5) is 0 Å². The number of carboxylic acids is 2. The number of carbonyl (C=O) groups excluding carboxylic acids is 4. The van der Waals surface area contributed by atoms with Crippen LogP contribution in [0.2, 0.25) is 13.0 Å². The van der Waals surface area contributed by atoms with Crippen LogP contribution in [-0.4, -0.2) is 175 Å². The zero-order chi connectivity index (χ0) is 96.0. The van der Waals surface area contributed by atoms with Gasteiger partial charge in [0.05, 0.1) is 97.6 Å². The minimum absolute atomic E-state index is 0.0159. The lowest BCUT2D eigenvalue weighted by molar-refractivity contribution is -0.140. The molecule has 9 heterocycles. The third-order valence-corrected chi connectivity index (χ3v) is 31.7. The summed E-state index contributed by atoms with van der Waals surface area (Å²) in [6, 6.07) is 13.1. The standard InChI is InChI=1S/C32H42ClIN4O4S.C31H40ClIN4O4S.C23H33ClN2OS.C9H11IN2O4/c1-18-26(34)23(16-25(40)41-8)36-38(18)17-24(39)37-12-10-19(11-13-37)30-35-27(29(33)43-30)20-14-21(31(2,3)4)28(42-9)22(15-20)32(5,6)7;1-17-25(33)22(15-24(39)40)35-37(17)16-23(38)36-11-9-18(10-12-36)29-34-26(28(32)42-29)19-13-20(30(2,3)4)27(41-8)21(14-19)31(5,6)7;1-22(2,3)16-12-15(13-17(19(16)27-7)23(4,5)6)18-20(24)28-21(26-18)14-8-10-25-11-9-14;1-5-9(10)6(3-8(15)16-2)11-12(5)4-7(13)14/h14-15,19H,10-13,16-17H2,1-9H3;13-14,18H,9-12,15-16H2,1-8H3,(H,39,40);12-14,25H,8-11H2,1-7H3;3-4H2,1-2H3,(H,13,14). The smallest absolute Gasteiger partial charge is 0.325 e. The Bertz CT molecular complexity index is 5450. The van der Waals surface area contributed by atoms with E-state index in [2.05, 4.69) is 232 Å². The summed E-state index contributed by atoms with van der Waals surface area (Å²) in [5.41, 5.74) is 16.0. The van der Waals surface area contributed by atoms with E-state index in [0.29, 0.717) is 57.9 Å². The van der Waals surface area contributed by atoms with Crippen LogP contribution in [0, 0.1) is 31.5 Å². The van der Waals surface area contributed by atoms with Crippen molar-refractivity contribution in [1.29, 1.82) is 0 Å². The normalized spacial score (nSPS) is 14.6. The lowest BCUT2D eigenvalue weighted by Gasteiger charge is -2.31. The SMILES string of the molecule is COC(=O)Cc1nn(CC(=O)N2CCC(c3nc(-c4cc(C(C)(C)C)c(OC)c(C(C)(C)C)c4)c(Cl)s3)CC2)c(C)c1I.COC(=O)Cc1nn(CC(=O)O)c(C)c1I.COc1c(C(C)(C)C)cc(-c2nc(C3CCN(C(=O)Cn4nc(CC(=O)O)c(I)c4C)CC3)sc2Cl)cc1C(C)(C)C.COc1c(C(C)(C)C)cc(-c2nc(C3CCNCC3)sc2Cl)cc1C(C)(C)C. The number of aromatic nitrogens is 9. The molecule has 3 fully saturated rings. The largest absolute Gasteiger partial charge is 0.496 e. The van der Waals surface area contributed by atoms with Gasteiger partial charge in [0.2, 0.25) is 11.8 Å². The number of amides is 2. The third kappa shape index (κ3) is 26.5. The number of carboxylic acid groups (broad SMARTS) is 2. The van der Waals surface area contributed by atoms with E-state index in [0.717, 1.165) is 167 Å². The van der Waals surface area contributed by atoms with Crippen LogP contribution < -0.4 is 19.5 Å². The van der Waals surface area contributed by atoms with Gasteiger partial charge < -0.3 is 49.0 Å². The minimum atomic E-state index is -0.966. The van der Waals surface area contributed by atoms with Crippen LogP contribution in [0.5, 0.6) is 17.2 Å². The van der Waals surface area contributed by atoms with Gasteiger partial charge in [0.1, 0.15) is 67.0 Å². The number of hydrogen-bond donors (Lipinski definition) is 3. The number of esters is 2. The van der Waals surface area contributed by atoms with Gasteiger partial charge in [0.15, 0.2) is 0 Å². The molecule has 3 saturated heterocycles. The third-order valence-electron chi connectivity index (χ3n) is 23.3. The first-order valence-corrected chi connectivity index (χ1v) is 50.0. The second kappa shape index (κ2) is 43.8. The number of thiazole rings is 3. The molecular weight excluding hydrogens is 2100 g/mol. The summed E-state index contributed by atoms with van der Waals surface area (Å²) in [7, 11) is 7.90. The Morgan fingerprint density at radius 1 is 0.403 bits per heavy atom. The molecule has 0 saturated carbocycles. The van der Waals surface area contributed by atoms with Gasteiger partial charge in [-0.05, 0) is 209 Å². The van der Waals surface area contributed by atoms with E-state index in [1.165, 1.54) is 46.4 Å². The maximum atomic E-state index is 13.2. The number of ether oxygens (including phenoxy) is 5. The number of likely N-dealkylation sites (tertiary alicyclic amines) is 2. The summed E-state index contributed by atoms with van der Waals surface area (Å²) in [6.45, 7) is 49.9. The Morgan fingerprint density at radius 2 is 0.651 bits per heavy atom. The van der Waals surface area contributed by atoms with Crippen molar-refractivity contribution >= 4 is 172 Å². The predicted octanol–water partition coefficient (Wildman–Crippen LogP) is 21.6. The summed E-state index contributed by atoms with van der Waals surface area (Å²) in [5, 5.41) is 37.4. The van der Waals surface area contributed by atoms with Gasteiger partial charge in [-0.3, -0.25) is 42.8 Å². The van der Waals surface area contributed by atoms with Gasteiger partial charge in [0, 0.05) is 111 Å². The van der Waals surface area contributed by atoms with E-state index in [1.807, 2.05) is 46.2 Å². The summed E-state index contributed by atoms with van der Waals surface area (Å²) >= 11 is 31.5. The highest BCUT2D eigenvalue weighted by atomic mass is 127. The van der Waals surface area contributed by atoms with Gasteiger partial charge >= 0.3 is 23.9 Å². The first-order chi connectivity index (χ1) is 60.0. The molecule has 129 heavy (non-hydrogen) atoms. The van der Waals surface area contributed by atoms with E-state index >= 15 is 0 Å². The zero-order valence-corrected chi connectivity index (χ0v) is 90.4. The number of piperidine rings is 3. The molecule has 25 nitrogen and oxygen atoms in total. The second-order valence-electron chi connectivity index (χ2n) is 39.2. The Labute approximate surface area is 828 Å². The fourth-order valence-corrected chi connectivity index (χ4v) is 21.7. The Kier molecular flexibility index (Phi) is 36.1. The fourth-order valence-electron chi connectivity index (χ4n) is 15.8. The van der Waals surface area contributed by atoms with Crippen molar-refractivity contribution in [3.05, 3.63) is 143 Å². The number of rotatable bonds is 21. The van der Waals surface area contributed by atoms with E-state index in [9.17, 15) is 28.8 Å². The number of halogens is 6. The van der Waals surface area contributed by atoms with Crippen LogP contribution in [0.1, 0.15) is 263 Å². The average Bonchev–Trinajstić information content (AvgIpc) is 1.76. The van der Waals surface area contributed by atoms with Gasteiger partial charge in [-0.25, -0.2) is 15.0 Å². The summed E-state index contributed by atoms with van der Waals surface area (Å²) in [4.78, 5) is 89.8. The van der Waals surface area contributed by atoms with Gasteiger partial charge in [-0.1, -0.05) is 159 Å². The molecule has 3 aromatic carbocycles. The van der Waals surface area contributed by atoms with Crippen LogP contribution in [0.3, 0.4) is 0 Å². The minimum Gasteiger partial charge on any atom is -0.496 e. The van der Waals surface area contributed by atoms with E-state index < -0.39 is 17.9 Å². The molecule has 0 atom stereocenters. The van der Waals surface area contributed by atoms with Gasteiger partial charge in [0.25, 0.3) is 0 Å². The lowest BCUT2D eigenvalue weighted by Crippen LogP contribution is -2.40. The van der Waals surface area contributed by atoms with Crippen molar-refractivity contribution in [1.82, 2.24) is 59.4 Å². The highest BCUT2D eigenvalue weighted by molar-refractivity contribution is 14.1. The van der Waals surface area contributed by atoms with Crippen LogP contribution in [-0.2, 0) is 110 Å². The Hall–Kier alpha value is -6.58. The molecule has 6 aromatic heterocycles. The molecule has 3 aliphatic rings. The van der Waals surface area contributed by atoms with E-state index in [1.54, 1.807) is 60.3 Å². The number of hydrogen-bond acceptors (Lipinski definition) is 21. The molecule has 34 heteroatoms. The highest BCUT2D eigenvalue weighted by Gasteiger charge is 2.37. The van der Waals surface area contributed by atoms with E-state index in [-0.39, 0.29) is 101 Å². The Morgan fingerprint density at radius 3 is 0.884 bits per heavy atom. The maximum absolute atomic E-state index is 13.2. The predicted molar refractivity (Wildman–Crippen MR) is 541 cm³/mol. The quantitative estimate of drug-likeness (QED) is 0.0445. The lowest BCUT2D eigenvalue weighted by atomic mass is 9.78. The number of nitrogens with zero attached hydrogens (tertiary/aromatic N) is 11. The molecule has 0 unspecified atom stereocenters. The van der Waals surface area contributed by atoms with Crippen molar-refractivity contribution in [3.8, 4) is 51.0 Å². The highest BCUT2D eigenvalue weighted by Crippen LogP contribution is 2.50. The van der Waals surface area contributed by atoms with Gasteiger partial charge in [-0.15, -0.1) is 34.0 Å². The van der Waals surface area contributed by atoms with Crippen LogP contribution >= 0.6 is 137 Å².